The molecule has 1 atom stereocenters. The molecule has 1 aromatic rings. The molecule has 5 nitrogen and oxygen atoms in total. The molecule has 6 heteroatoms. The van der Waals surface area contributed by atoms with Crippen molar-refractivity contribution in [3.05, 3.63) is 29.8 Å². The van der Waals surface area contributed by atoms with Gasteiger partial charge in [-0.05, 0) is 31.2 Å². The first-order valence-electron chi connectivity index (χ1n) is 4.57. The monoisotopic (exact) mass is 244 g/mol. The van der Waals surface area contributed by atoms with Gasteiger partial charge in [0.25, 0.3) is 0 Å². The second-order valence-electron chi connectivity index (χ2n) is 3.46. The Morgan fingerprint density at radius 1 is 1.31 bits per heavy atom. The zero-order valence-electron chi connectivity index (χ0n) is 8.62. The fraction of sp³-hybridized carbons (Fsp3) is 0.300. The van der Waals surface area contributed by atoms with E-state index in [1.54, 1.807) is 0 Å². The number of sulfone groups is 1. The van der Waals surface area contributed by atoms with E-state index >= 15 is 0 Å². The number of hydrogen-bond donors (Lipinski definition) is 2. The van der Waals surface area contributed by atoms with Gasteiger partial charge in [-0.2, -0.15) is 0 Å². The first-order chi connectivity index (χ1) is 7.33. The standard InChI is InChI=1S/C10H12O5S/c1-7(11)6-16(14,15)9-4-2-8(3-5-9)10(12)13/h2-5,7,11H,6H2,1H3,(H,12,13)/t7-/m0/s1. The highest BCUT2D eigenvalue weighted by Crippen LogP contribution is 2.13. The molecule has 0 bridgehead atoms. The Hall–Kier alpha value is -1.40. The number of carboxylic acid groups (broad SMARTS) is 1. The zero-order valence-corrected chi connectivity index (χ0v) is 9.44. The van der Waals surface area contributed by atoms with Crippen LogP contribution in [0.3, 0.4) is 0 Å². The van der Waals surface area contributed by atoms with E-state index in [4.69, 9.17) is 10.2 Å². The van der Waals surface area contributed by atoms with Crippen molar-refractivity contribution in [1.82, 2.24) is 0 Å². The molecule has 0 aliphatic carbocycles. The van der Waals surface area contributed by atoms with Gasteiger partial charge in [0, 0.05) is 0 Å². The number of aromatic carboxylic acids is 1. The van der Waals surface area contributed by atoms with Crippen molar-refractivity contribution < 1.29 is 23.4 Å². The van der Waals surface area contributed by atoms with Crippen LogP contribution in [0.1, 0.15) is 17.3 Å². The summed E-state index contributed by atoms with van der Waals surface area (Å²) in [6.07, 6.45) is -0.954. The summed E-state index contributed by atoms with van der Waals surface area (Å²) in [5, 5.41) is 17.7. The highest BCUT2D eigenvalue weighted by Gasteiger charge is 2.17. The van der Waals surface area contributed by atoms with Crippen LogP contribution in [-0.4, -0.2) is 36.5 Å². The molecule has 2 N–H and O–H groups in total. The van der Waals surface area contributed by atoms with Gasteiger partial charge in [0.1, 0.15) is 0 Å². The lowest BCUT2D eigenvalue weighted by Gasteiger charge is -2.06. The van der Waals surface area contributed by atoms with Gasteiger partial charge >= 0.3 is 5.97 Å². The van der Waals surface area contributed by atoms with E-state index in [0.717, 1.165) is 0 Å². The lowest BCUT2D eigenvalue weighted by Crippen LogP contribution is -2.17. The predicted octanol–water partition coefficient (Wildman–Crippen LogP) is 0.539. The molecule has 1 rings (SSSR count). The summed E-state index contributed by atoms with van der Waals surface area (Å²) in [7, 11) is -3.54. The van der Waals surface area contributed by atoms with E-state index in [9.17, 15) is 13.2 Å². The summed E-state index contributed by atoms with van der Waals surface area (Å²) in [5.41, 5.74) is 0.0241. The number of rotatable bonds is 4. The van der Waals surface area contributed by atoms with Crippen LogP contribution in [0.5, 0.6) is 0 Å². The normalized spacial score (nSPS) is 13.4. The minimum Gasteiger partial charge on any atom is -0.478 e. The lowest BCUT2D eigenvalue weighted by atomic mass is 10.2. The zero-order chi connectivity index (χ0) is 12.3. The number of aliphatic hydroxyl groups is 1. The van der Waals surface area contributed by atoms with Crippen LogP contribution in [-0.2, 0) is 9.84 Å². The second-order valence-corrected chi connectivity index (χ2v) is 5.49. The SMILES string of the molecule is C[C@H](O)CS(=O)(=O)c1ccc(C(=O)O)cc1. The minimum atomic E-state index is -3.54. The van der Waals surface area contributed by atoms with Crippen LogP contribution in [0.15, 0.2) is 29.2 Å². The molecule has 0 radical (unpaired) electrons. The molecule has 0 spiro atoms. The Kier molecular flexibility index (Phi) is 3.66. The van der Waals surface area contributed by atoms with Gasteiger partial charge in [-0.15, -0.1) is 0 Å². The smallest absolute Gasteiger partial charge is 0.335 e. The number of aliphatic hydroxyl groups excluding tert-OH is 1. The van der Waals surface area contributed by atoms with E-state index in [2.05, 4.69) is 0 Å². The van der Waals surface area contributed by atoms with E-state index < -0.39 is 21.9 Å². The summed E-state index contributed by atoms with van der Waals surface area (Å²) in [4.78, 5) is 10.6. The Balaban J connectivity index is 3.02. The molecular weight excluding hydrogens is 232 g/mol. The van der Waals surface area contributed by atoms with Crippen molar-refractivity contribution in [3.8, 4) is 0 Å². The van der Waals surface area contributed by atoms with Gasteiger partial charge < -0.3 is 10.2 Å². The molecule has 0 saturated carbocycles. The maximum atomic E-state index is 11.6. The minimum absolute atomic E-state index is 0.0124. The molecule has 0 amide bonds. The van der Waals surface area contributed by atoms with Crippen LogP contribution in [0.25, 0.3) is 0 Å². The summed E-state index contributed by atoms with van der Waals surface area (Å²) < 4.78 is 23.2. The van der Waals surface area contributed by atoms with Crippen LogP contribution in [0.4, 0.5) is 0 Å². The molecule has 0 unspecified atom stereocenters. The largest absolute Gasteiger partial charge is 0.478 e. The molecule has 0 aliphatic rings. The third kappa shape index (κ3) is 3.04. The first kappa shape index (κ1) is 12.7. The van der Waals surface area contributed by atoms with Crippen molar-refractivity contribution in [1.29, 1.82) is 0 Å². The average Bonchev–Trinajstić information content (AvgIpc) is 2.16. The van der Waals surface area contributed by atoms with Crippen LogP contribution < -0.4 is 0 Å². The Morgan fingerprint density at radius 3 is 2.19 bits per heavy atom. The molecule has 88 valence electrons. The molecule has 0 aromatic heterocycles. The quantitative estimate of drug-likeness (QED) is 0.806. The Morgan fingerprint density at radius 2 is 1.81 bits per heavy atom. The second kappa shape index (κ2) is 4.63. The van der Waals surface area contributed by atoms with Crippen molar-refractivity contribution in [3.63, 3.8) is 0 Å². The Bertz CT molecular complexity index is 472. The van der Waals surface area contributed by atoms with Gasteiger partial charge in [-0.25, -0.2) is 13.2 Å². The van der Waals surface area contributed by atoms with Gasteiger partial charge in [0.2, 0.25) is 0 Å². The third-order valence-corrected chi connectivity index (χ3v) is 3.83. The molecule has 0 heterocycles. The van der Waals surface area contributed by atoms with E-state index in [-0.39, 0.29) is 16.2 Å². The van der Waals surface area contributed by atoms with Gasteiger partial charge in [0.15, 0.2) is 9.84 Å². The van der Waals surface area contributed by atoms with E-state index in [1.807, 2.05) is 0 Å². The molecule has 0 aliphatic heterocycles. The summed E-state index contributed by atoms with van der Waals surface area (Å²) in [6, 6.07) is 4.89. The summed E-state index contributed by atoms with van der Waals surface area (Å²) in [6.45, 7) is 1.38. The highest BCUT2D eigenvalue weighted by molar-refractivity contribution is 7.91. The van der Waals surface area contributed by atoms with Crippen LogP contribution in [0, 0.1) is 0 Å². The number of carboxylic acids is 1. The van der Waals surface area contributed by atoms with Crippen molar-refractivity contribution in [2.75, 3.05) is 5.75 Å². The predicted molar refractivity (Wildman–Crippen MR) is 57.1 cm³/mol. The fourth-order valence-electron chi connectivity index (χ4n) is 1.22. The molecule has 1 aromatic carbocycles. The molecular formula is C10H12O5S. The number of hydrogen-bond acceptors (Lipinski definition) is 4. The van der Waals surface area contributed by atoms with E-state index in [0.29, 0.717) is 0 Å². The Labute approximate surface area is 93.3 Å². The maximum absolute atomic E-state index is 11.6. The van der Waals surface area contributed by atoms with Crippen molar-refractivity contribution in [2.24, 2.45) is 0 Å². The molecule has 16 heavy (non-hydrogen) atoms. The lowest BCUT2D eigenvalue weighted by molar-refractivity contribution is 0.0696. The average molecular weight is 244 g/mol. The number of benzene rings is 1. The highest BCUT2D eigenvalue weighted by atomic mass is 32.2. The summed E-state index contributed by atoms with van der Waals surface area (Å²) in [5.74, 6) is -1.49. The topological polar surface area (TPSA) is 91.7 Å². The van der Waals surface area contributed by atoms with Gasteiger partial charge in [0.05, 0.1) is 22.3 Å². The molecule has 0 fully saturated rings. The van der Waals surface area contributed by atoms with Crippen molar-refractivity contribution in [2.45, 2.75) is 17.9 Å². The number of carbonyl (C=O) groups is 1. The van der Waals surface area contributed by atoms with Crippen LogP contribution >= 0.6 is 0 Å². The van der Waals surface area contributed by atoms with Gasteiger partial charge in [-0.1, -0.05) is 0 Å². The molecule has 0 saturated heterocycles. The summed E-state index contributed by atoms with van der Waals surface area (Å²) >= 11 is 0. The maximum Gasteiger partial charge on any atom is 0.335 e. The first-order valence-corrected chi connectivity index (χ1v) is 6.22. The van der Waals surface area contributed by atoms with Crippen LogP contribution in [0.2, 0.25) is 0 Å². The van der Waals surface area contributed by atoms with Crippen molar-refractivity contribution >= 4 is 15.8 Å². The fourth-order valence-corrected chi connectivity index (χ4v) is 2.60. The van der Waals surface area contributed by atoms with E-state index in [1.165, 1.54) is 31.2 Å². The third-order valence-electron chi connectivity index (χ3n) is 1.92. The van der Waals surface area contributed by atoms with Gasteiger partial charge in [-0.3, -0.25) is 0 Å².